The van der Waals surface area contributed by atoms with Crippen LogP contribution in [0.5, 0.6) is 5.75 Å². The Balaban J connectivity index is 2.20. The molecule has 5 heteroatoms. The van der Waals surface area contributed by atoms with E-state index in [4.69, 9.17) is 9.15 Å². The third-order valence-corrected chi connectivity index (χ3v) is 3.14. The lowest BCUT2D eigenvalue weighted by atomic mass is 10.2. The number of unbranched alkanes of at least 4 members (excludes halogenated alkanes) is 1. The lowest BCUT2D eigenvalue weighted by molar-refractivity contribution is 0.0947. The molecule has 5 nitrogen and oxygen atoms in total. The molecule has 0 saturated carbocycles. The van der Waals surface area contributed by atoms with Gasteiger partial charge in [0.1, 0.15) is 11.5 Å². The maximum atomic E-state index is 12.0. The van der Waals surface area contributed by atoms with Crippen molar-refractivity contribution < 1.29 is 13.9 Å². The zero-order valence-corrected chi connectivity index (χ0v) is 12.6. The quantitative estimate of drug-likeness (QED) is 0.829. The van der Waals surface area contributed by atoms with E-state index < -0.39 is 0 Å². The van der Waals surface area contributed by atoms with Crippen LogP contribution >= 0.6 is 0 Å². The van der Waals surface area contributed by atoms with Crippen molar-refractivity contribution in [3.8, 4) is 17.2 Å². The highest BCUT2D eigenvalue weighted by molar-refractivity contribution is 5.93. The Kier molecular flexibility index (Phi) is 4.98. The lowest BCUT2D eigenvalue weighted by Gasteiger charge is -2.01. The minimum Gasteiger partial charge on any atom is -0.497 e. The zero-order valence-electron chi connectivity index (χ0n) is 12.6. The first kappa shape index (κ1) is 15.1. The lowest BCUT2D eigenvalue weighted by Crippen LogP contribution is -2.25. The molecule has 1 aromatic carbocycles. The molecular weight excluding hydrogens is 268 g/mol. The number of amides is 1. The molecule has 21 heavy (non-hydrogen) atoms. The predicted molar refractivity (Wildman–Crippen MR) is 80.5 cm³/mol. The van der Waals surface area contributed by atoms with E-state index in [1.807, 2.05) is 24.3 Å². The maximum absolute atomic E-state index is 12.0. The molecule has 0 aliphatic rings. The van der Waals surface area contributed by atoms with Gasteiger partial charge < -0.3 is 14.5 Å². The van der Waals surface area contributed by atoms with Crippen LogP contribution in [0.25, 0.3) is 11.5 Å². The minimum absolute atomic E-state index is 0.196. The first-order valence-corrected chi connectivity index (χ1v) is 7.05. The van der Waals surface area contributed by atoms with Gasteiger partial charge >= 0.3 is 0 Å². The van der Waals surface area contributed by atoms with Crippen LogP contribution in [-0.4, -0.2) is 24.5 Å². The number of aromatic nitrogens is 1. The van der Waals surface area contributed by atoms with Crippen LogP contribution in [0.4, 0.5) is 0 Å². The molecule has 1 aromatic heterocycles. The normalized spacial score (nSPS) is 10.4. The number of nitrogens with zero attached hydrogens (tertiary/aromatic N) is 1. The minimum atomic E-state index is -0.196. The van der Waals surface area contributed by atoms with Crippen LogP contribution in [-0.2, 0) is 0 Å². The van der Waals surface area contributed by atoms with Crippen molar-refractivity contribution in [3.63, 3.8) is 0 Å². The average molecular weight is 288 g/mol. The van der Waals surface area contributed by atoms with Crippen molar-refractivity contribution in [2.24, 2.45) is 0 Å². The summed E-state index contributed by atoms with van der Waals surface area (Å²) in [7, 11) is 1.60. The van der Waals surface area contributed by atoms with E-state index in [1.165, 1.54) is 0 Å². The molecule has 0 radical (unpaired) electrons. The van der Waals surface area contributed by atoms with Gasteiger partial charge in [0.2, 0.25) is 5.89 Å². The molecule has 0 aliphatic carbocycles. The standard InChI is InChI=1S/C16H20N2O3/c1-4-5-9-17-15(19)14-11(2)21-16(18-14)12-7-6-8-13(10-12)20-3/h6-8,10H,4-5,9H2,1-3H3,(H,17,19). The maximum Gasteiger partial charge on any atom is 0.273 e. The van der Waals surface area contributed by atoms with E-state index >= 15 is 0 Å². The Bertz CT molecular complexity index is 620. The van der Waals surface area contributed by atoms with Gasteiger partial charge in [-0.25, -0.2) is 4.98 Å². The fraction of sp³-hybridized carbons (Fsp3) is 0.375. The molecular formula is C16H20N2O3. The highest BCUT2D eigenvalue weighted by Crippen LogP contribution is 2.25. The second-order valence-corrected chi connectivity index (χ2v) is 4.77. The van der Waals surface area contributed by atoms with Gasteiger partial charge in [-0.1, -0.05) is 19.4 Å². The van der Waals surface area contributed by atoms with Gasteiger partial charge in [0, 0.05) is 12.1 Å². The summed E-state index contributed by atoms with van der Waals surface area (Å²) in [5.41, 5.74) is 1.12. The van der Waals surface area contributed by atoms with Crippen molar-refractivity contribution in [3.05, 3.63) is 35.7 Å². The zero-order chi connectivity index (χ0) is 15.2. The number of oxazole rings is 1. The van der Waals surface area contributed by atoms with Crippen molar-refractivity contribution >= 4 is 5.91 Å². The first-order chi connectivity index (χ1) is 10.2. The number of ether oxygens (including phenoxy) is 1. The van der Waals surface area contributed by atoms with Gasteiger partial charge in [-0.05, 0) is 31.5 Å². The largest absolute Gasteiger partial charge is 0.497 e. The van der Waals surface area contributed by atoms with Crippen LogP contribution in [0.2, 0.25) is 0 Å². The molecule has 0 fully saturated rings. The van der Waals surface area contributed by atoms with Gasteiger partial charge in [0.05, 0.1) is 7.11 Å². The molecule has 0 bridgehead atoms. The molecule has 1 N–H and O–H groups in total. The summed E-state index contributed by atoms with van der Waals surface area (Å²) in [6.07, 6.45) is 1.98. The summed E-state index contributed by atoms with van der Waals surface area (Å²) in [5, 5.41) is 2.84. The topological polar surface area (TPSA) is 64.4 Å². The number of hydrogen-bond donors (Lipinski definition) is 1. The number of aryl methyl sites for hydroxylation is 1. The highest BCUT2D eigenvalue weighted by Gasteiger charge is 2.17. The number of hydrogen-bond acceptors (Lipinski definition) is 4. The number of rotatable bonds is 6. The molecule has 0 saturated heterocycles. The molecule has 2 aromatic rings. The van der Waals surface area contributed by atoms with Crippen LogP contribution in [0.15, 0.2) is 28.7 Å². The van der Waals surface area contributed by atoms with Gasteiger partial charge in [0.25, 0.3) is 5.91 Å². The number of benzene rings is 1. The Morgan fingerprint density at radius 3 is 2.95 bits per heavy atom. The van der Waals surface area contributed by atoms with Crippen LogP contribution in [0.3, 0.4) is 0 Å². The highest BCUT2D eigenvalue weighted by atomic mass is 16.5. The van der Waals surface area contributed by atoms with Crippen LogP contribution in [0.1, 0.15) is 36.0 Å². The second-order valence-electron chi connectivity index (χ2n) is 4.77. The fourth-order valence-electron chi connectivity index (χ4n) is 1.95. The van der Waals surface area contributed by atoms with Crippen molar-refractivity contribution in [2.75, 3.05) is 13.7 Å². The van der Waals surface area contributed by atoms with Crippen molar-refractivity contribution in [1.82, 2.24) is 10.3 Å². The summed E-state index contributed by atoms with van der Waals surface area (Å²) < 4.78 is 10.8. The monoisotopic (exact) mass is 288 g/mol. The van der Waals surface area contributed by atoms with Gasteiger partial charge in [-0.3, -0.25) is 4.79 Å². The smallest absolute Gasteiger partial charge is 0.273 e. The van der Waals surface area contributed by atoms with Crippen LogP contribution in [0, 0.1) is 6.92 Å². The summed E-state index contributed by atoms with van der Waals surface area (Å²) in [6.45, 7) is 4.47. The average Bonchev–Trinajstić information content (AvgIpc) is 2.89. The number of carbonyl (C=O) groups is 1. The second kappa shape index (κ2) is 6.92. The molecule has 0 atom stereocenters. The van der Waals surface area contributed by atoms with E-state index in [9.17, 15) is 4.79 Å². The SMILES string of the molecule is CCCCNC(=O)c1nc(-c2cccc(OC)c2)oc1C. The summed E-state index contributed by atoms with van der Waals surface area (Å²) in [6, 6.07) is 7.39. The number of methoxy groups -OCH3 is 1. The van der Waals surface area contributed by atoms with Gasteiger partial charge in [0.15, 0.2) is 5.69 Å². The molecule has 1 heterocycles. The third-order valence-electron chi connectivity index (χ3n) is 3.14. The molecule has 0 aliphatic heterocycles. The first-order valence-electron chi connectivity index (χ1n) is 7.05. The predicted octanol–water partition coefficient (Wildman–Crippen LogP) is 3.19. The van der Waals surface area contributed by atoms with E-state index in [2.05, 4.69) is 17.2 Å². The van der Waals surface area contributed by atoms with Gasteiger partial charge in [-0.2, -0.15) is 0 Å². The van der Waals surface area contributed by atoms with Crippen molar-refractivity contribution in [2.45, 2.75) is 26.7 Å². The van der Waals surface area contributed by atoms with E-state index in [0.29, 0.717) is 23.9 Å². The Morgan fingerprint density at radius 1 is 1.43 bits per heavy atom. The van der Waals surface area contributed by atoms with E-state index in [-0.39, 0.29) is 5.91 Å². The van der Waals surface area contributed by atoms with Crippen molar-refractivity contribution in [1.29, 1.82) is 0 Å². The Labute approximate surface area is 124 Å². The Morgan fingerprint density at radius 2 is 2.24 bits per heavy atom. The Hall–Kier alpha value is -2.30. The fourth-order valence-corrected chi connectivity index (χ4v) is 1.95. The third kappa shape index (κ3) is 3.62. The molecule has 1 amide bonds. The van der Waals surface area contributed by atoms with E-state index in [1.54, 1.807) is 14.0 Å². The summed E-state index contributed by atoms with van der Waals surface area (Å²) in [4.78, 5) is 16.3. The van der Waals surface area contributed by atoms with E-state index in [0.717, 1.165) is 24.2 Å². The molecule has 0 spiro atoms. The molecule has 112 valence electrons. The number of nitrogens with one attached hydrogen (secondary N) is 1. The van der Waals surface area contributed by atoms with Crippen LogP contribution < -0.4 is 10.1 Å². The molecule has 2 rings (SSSR count). The van der Waals surface area contributed by atoms with Gasteiger partial charge in [-0.15, -0.1) is 0 Å². The number of carbonyl (C=O) groups excluding carboxylic acids is 1. The summed E-state index contributed by atoms with van der Waals surface area (Å²) in [5.74, 6) is 1.46. The molecule has 0 unspecified atom stereocenters. The summed E-state index contributed by atoms with van der Waals surface area (Å²) >= 11 is 0.